The van der Waals surface area contributed by atoms with Crippen molar-refractivity contribution in [2.45, 2.75) is 63.2 Å². The van der Waals surface area contributed by atoms with Gasteiger partial charge in [0.1, 0.15) is 10.5 Å². The minimum absolute atomic E-state index is 0.107. The van der Waals surface area contributed by atoms with Gasteiger partial charge < -0.3 is 9.47 Å². The molecule has 0 saturated carbocycles. The molecule has 0 aromatic carbocycles. The van der Waals surface area contributed by atoms with Crippen molar-refractivity contribution >= 4 is 23.7 Å². The first-order valence-electron chi connectivity index (χ1n) is 5.96. The summed E-state index contributed by atoms with van der Waals surface area (Å²) in [5.41, 5.74) is 0. The fourth-order valence-corrected chi connectivity index (χ4v) is 2.87. The van der Waals surface area contributed by atoms with Crippen molar-refractivity contribution in [3.8, 4) is 0 Å². The predicted molar refractivity (Wildman–Crippen MR) is 66.9 cm³/mol. The fourth-order valence-electron chi connectivity index (χ4n) is 1.60. The maximum Gasteiger partial charge on any atom is 0.319 e. The average molecular weight is 260 g/mol. The van der Waals surface area contributed by atoms with E-state index >= 15 is 0 Å². The SMILES string of the molecule is CC(C)OC(=O)[C@@H]1CC[C@@H](C(=O)OC(C)C)S1. The highest BCUT2D eigenvalue weighted by Gasteiger charge is 2.36. The first-order valence-corrected chi connectivity index (χ1v) is 6.91. The quantitative estimate of drug-likeness (QED) is 0.725. The highest BCUT2D eigenvalue weighted by atomic mass is 32.2. The van der Waals surface area contributed by atoms with E-state index in [9.17, 15) is 9.59 Å². The van der Waals surface area contributed by atoms with Crippen molar-refractivity contribution < 1.29 is 19.1 Å². The molecule has 1 aliphatic rings. The fraction of sp³-hybridized carbons (Fsp3) is 0.833. The van der Waals surface area contributed by atoms with E-state index in [1.165, 1.54) is 11.8 Å². The molecule has 0 aromatic rings. The molecule has 0 bridgehead atoms. The molecular formula is C12H20O4S. The highest BCUT2D eigenvalue weighted by Crippen LogP contribution is 2.35. The van der Waals surface area contributed by atoms with Crippen molar-refractivity contribution in [1.82, 2.24) is 0 Å². The molecule has 0 spiro atoms. The van der Waals surface area contributed by atoms with Crippen molar-refractivity contribution in [3.05, 3.63) is 0 Å². The normalized spacial score (nSPS) is 24.1. The molecule has 1 saturated heterocycles. The molecule has 5 heteroatoms. The van der Waals surface area contributed by atoms with E-state index in [0.717, 1.165) is 0 Å². The topological polar surface area (TPSA) is 52.6 Å². The molecule has 0 unspecified atom stereocenters. The Bertz CT molecular complexity index is 260. The van der Waals surface area contributed by atoms with E-state index in [4.69, 9.17) is 9.47 Å². The zero-order chi connectivity index (χ0) is 13.0. The van der Waals surface area contributed by atoms with Crippen LogP contribution in [0.1, 0.15) is 40.5 Å². The van der Waals surface area contributed by atoms with Gasteiger partial charge in [0.05, 0.1) is 12.2 Å². The molecular weight excluding hydrogens is 240 g/mol. The summed E-state index contributed by atoms with van der Waals surface area (Å²) < 4.78 is 10.3. The van der Waals surface area contributed by atoms with Gasteiger partial charge in [-0.1, -0.05) is 0 Å². The van der Waals surface area contributed by atoms with Crippen LogP contribution in [0.3, 0.4) is 0 Å². The lowest BCUT2D eigenvalue weighted by Crippen LogP contribution is -2.23. The molecule has 0 radical (unpaired) electrons. The number of ether oxygens (including phenoxy) is 2. The Morgan fingerprint density at radius 3 is 1.59 bits per heavy atom. The standard InChI is InChI=1S/C12H20O4S/c1-7(2)15-11(13)9-5-6-10(17-9)12(14)16-8(3)4/h7-10H,5-6H2,1-4H3/t9-,10-/m0/s1. The third-order valence-corrected chi connectivity index (χ3v) is 3.76. The van der Waals surface area contributed by atoms with Crippen LogP contribution in [0.25, 0.3) is 0 Å². The van der Waals surface area contributed by atoms with Crippen LogP contribution in [0, 0.1) is 0 Å². The van der Waals surface area contributed by atoms with E-state index in [1.54, 1.807) is 0 Å². The Hall–Kier alpha value is -0.710. The van der Waals surface area contributed by atoms with E-state index in [-0.39, 0.29) is 34.6 Å². The summed E-state index contributed by atoms with van der Waals surface area (Å²) in [6.07, 6.45) is 1.16. The van der Waals surface area contributed by atoms with Crippen LogP contribution in [0.5, 0.6) is 0 Å². The summed E-state index contributed by atoms with van der Waals surface area (Å²) in [6, 6.07) is 0. The smallest absolute Gasteiger partial charge is 0.319 e. The van der Waals surface area contributed by atoms with Crippen LogP contribution < -0.4 is 0 Å². The molecule has 1 fully saturated rings. The van der Waals surface area contributed by atoms with E-state index < -0.39 is 0 Å². The van der Waals surface area contributed by atoms with Crippen LogP contribution in [0.15, 0.2) is 0 Å². The summed E-state index contributed by atoms with van der Waals surface area (Å²) >= 11 is 1.36. The number of hydrogen-bond acceptors (Lipinski definition) is 5. The number of carbonyl (C=O) groups is 2. The average Bonchev–Trinajstić information content (AvgIpc) is 2.63. The van der Waals surface area contributed by atoms with Crippen LogP contribution in [-0.2, 0) is 19.1 Å². The zero-order valence-electron chi connectivity index (χ0n) is 10.8. The first-order chi connectivity index (χ1) is 7.90. The predicted octanol–water partition coefficient (Wildman–Crippen LogP) is 2.15. The van der Waals surface area contributed by atoms with Crippen molar-refractivity contribution in [1.29, 1.82) is 0 Å². The Kier molecular flexibility index (Phi) is 5.31. The lowest BCUT2D eigenvalue weighted by atomic mass is 10.2. The maximum atomic E-state index is 11.7. The van der Waals surface area contributed by atoms with E-state index in [2.05, 4.69) is 0 Å². The summed E-state index contributed by atoms with van der Waals surface area (Å²) in [4.78, 5) is 23.3. The number of thioether (sulfide) groups is 1. The van der Waals surface area contributed by atoms with Gasteiger partial charge in [0.2, 0.25) is 0 Å². The highest BCUT2D eigenvalue weighted by molar-refractivity contribution is 8.02. The molecule has 1 rings (SSSR count). The molecule has 0 amide bonds. The Morgan fingerprint density at radius 1 is 0.941 bits per heavy atom. The van der Waals surface area contributed by atoms with Gasteiger partial charge in [0.15, 0.2) is 0 Å². The molecule has 1 heterocycles. The van der Waals surface area contributed by atoms with Gasteiger partial charge in [0.25, 0.3) is 0 Å². The number of esters is 2. The Labute approximate surface area is 106 Å². The van der Waals surface area contributed by atoms with E-state index in [1.807, 2.05) is 27.7 Å². The molecule has 98 valence electrons. The molecule has 17 heavy (non-hydrogen) atoms. The number of carbonyl (C=O) groups excluding carboxylic acids is 2. The largest absolute Gasteiger partial charge is 0.462 e. The van der Waals surface area contributed by atoms with E-state index in [0.29, 0.717) is 12.8 Å². The van der Waals surface area contributed by atoms with Gasteiger partial charge >= 0.3 is 11.9 Å². The van der Waals surface area contributed by atoms with Crippen molar-refractivity contribution in [2.75, 3.05) is 0 Å². The second kappa shape index (κ2) is 6.28. The van der Waals surface area contributed by atoms with Crippen LogP contribution in [-0.4, -0.2) is 34.6 Å². The van der Waals surface area contributed by atoms with Crippen LogP contribution in [0.2, 0.25) is 0 Å². The molecule has 2 atom stereocenters. The molecule has 4 nitrogen and oxygen atoms in total. The second-order valence-corrected chi connectivity index (χ2v) is 6.07. The lowest BCUT2D eigenvalue weighted by molar-refractivity contribution is -0.147. The summed E-state index contributed by atoms with van der Waals surface area (Å²) in [5, 5.41) is -0.441. The summed E-state index contributed by atoms with van der Waals surface area (Å²) in [6.45, 7) is 7.29. The van der Waals surface area contributed by atoms with Gasteiger partial charge in [-0.15, -0.1) is 11.8 Å². The van der Waals surface area contributed by atoms with Gasteiger partial charge in [-0.3, -0.25) is 9.59 Å². The second-order valence-electron chi connectivity index (χ2n) is 4.66. The number of hydrogen-bond donors (Lipinski definition) is 0. The van der Waals surface area contributed by atoms with Gasteiger partial charge in [0, 0.05) is 0 Å². The minimum atomic E-state index is -0.220. The third kappa shape index (κ3) is 4.58. The summed E-state index contributed by atoms with van der Waals surface area (Å²) in [5.74, 6) is -0.435. The van der Waals surface area contributed by atoms with Gasteiger partial charge in [-0.05, 0) is 40.5 Å². The van der Waals surface area contributed by atoms with Crippen LogP contribution in [0.4, 0.5) is 0 Å². The monoisotopic (exact) mass is 260 g/mol. The first kappa shape index (κ1) is 14.4. The zero-order valence-corrected chi connectivity index (χ0v) is 11.6. The Morgan fingerprint density at radius 2 is 1.29 bits per heavy atom. The molecule has 0 aromatic heterocycles. The lowest BCUT2D eigenvalue weighted by Gasteiger charge is -2.14. The molecule has 0 N–H and O–H groups in total. The van der Waals surface area contributed by atoms with Gasteiger partial charge in [-0.25, -0.2) is 0 Å². The van der Waals surface area contributed by atoms with Crippen molar-refractivity contribution in [3.63, 3.8) is 0 Å². The maximum absolute atomic E-state index is 11.7. The summed E-state index contributed by atoms with van der Waals surface area (Å²) in [7, 11) is 0. The molecule has 0 aliphatic carbocycles. The van der Waals surface area contributed by atoms with Crippen LogP contribution >= 0.6 is 11.8 Å². The number of rotatable bonds is 4. The Balaban J connectivity index is 2.41. The van der Waals surface area contributed by atoms with Gasteiger partial charge in [-0.2, -0.15) is 0 Å². The minimum Gasteiger partial charge on any atom is -0.462 e. The van der Waals surface area contributed by atoms with Crippen molar-refractivity contribution in [2.24, 2.45) is 0 Å². The molecule has 1 aliphatic heterocycles. The third-order valence-electron chi connectivity index (χ3n) is 2.25.